The molecule has 0 radical (unpaired) electrons. The summed E-state index contributed by atoms with van der Waals surface area (Å²) >= 11 is 6.09. The van der Waals surface area contributed by atoms with Gasteiger partial charge < -0.3 is 10.6 Å². The standard InChI is InChI=1S/C16H18ClFN2/c1-11(19)9-12-3-4-13(17)10-16(12)20(2)15-7-5-14(18)6-8-15/h3-8,10-11H,9,19H2,1-2H3. The first-order valence-corrected chi connectivity index (χ1v) is 6.88. The maximum atomic E-state index is 13.0. The predicted molar refractivity (Wildman–Crippen MR) is 83.3 cm³/mol. The summed E-state index contributed by atoms with van der Waals surface area (Å²) in [6.45, 7) is 1.97. The van der Waals surface area contributed by atoms with E-state index < -0.39 is 0 Å². The zero-order valence-electron chi connectivity index (χ0n) is 11.6. The number of hydrogen-bond donors (Lipinski definition) is 1. The van der Waals surface area contributed by atoms with Gasteiger partial charge in [0.1, 0.15) is 5.82 Å². The molecule has 0 aliphatic rings. The molecule has 0 aliphatic carbocycles. The van der Waals surface area contributed by atoms with Gasteiger partial charge in [0.25, 0.3) is 0 Å². The minimum atomic E-state index is -0.246. The number of hydrogen-bond acceptors (Lipinski definition) is 2. The van der Waals surface area contributed by atoms with Crippen LogP contribution in [-0.2, 0) is 6.42 Å². The van der Waals surface area contributed by atoms with Crippen LogP contribution in [0.4, 0.5) is 15.8 Å². The molecule has 20 heavy (non-hydrogen) atoms. The fourth-order valence-corrected chi connectivity index (χ4v) is 2.34. The van der Waals surface area contributed by atoms with E-state index in [9.17, 15) is 4.39 Å². The number of halogens is 2. The summed E-state index contributed by atoms with van der Waals surface area (Å²) in [6.07, 6.45) is 0.762. The summed E-state index contributed by atoms with van der Waals surface area (Å²) in [7, 11) is 1.93. The minimum absolute atomic E-state index is 0.0662. The molecule has 0 saturated carbocycles. The van der Waals surface area contributed by atoms with Crippen LogP contribution in [0.2, 0.25) is 5.02 Å². The Morgan fingerprint density at radius 3 is 2.45 bits per heavy atom. The Labute approximate surface area is 124 Å². The Hall–Kier alpha value is -1.58. The average molecular weight is 293 g/mol. The summed E-state index contributed by atoms with van der Waals surface area (Å²) in [5.41, 5.74) is 8.90. The van der Waals surface area contributed by atoms with Gasteiger partial charge in [0, 0.05) is 29.5 Å². The topological polar surface area (TPSA) is 29.3 Å². The van der Waals surface area contributed by atoms with E-state index >= 15 is 0 Å². The van der Waals surface area contributed by atoms with Crippen LogP contribution in [-0.4, -0.2) is 13.1 Å². The molecule has 0 heterocycles. The third kappa shape index (κ3) is 3.50. The van der Waals surface area contributed by atoms with Gasteiger partial charge in [-0.2, -0.15) is 0 Å². The van der Waals surface area contributed by atoms with Crippen LogP contribution in [0.15, 0.2) is 42.5 Å². The van der Waals surface area contributed by atoms with Gasteiger partial charge in [-0.05, 0) is 55.3 Å². The Morgan fingerprint density at radius 1 is 1.20 bits per heavy atom. The quantitative estimate of drug-likeness (QED) is 0.918. The molecule has 1 atom stereocenters. The van der Waals surface area contributed by atoms with E-state index in [-0.39, 0.29) is 11.9 Å². The number of rotatable bonds is 4. The smallest absolute Gasteiger partial charge is 0.123 e. The van der Waals surface area contributed by atoms with Crippen molar-refractivity contribution in [2.75, 3.05) is 11.9 Å². The van der Waals surface area contributed by atoms with Crippen LogP contribution in [0, 0.1) is 5.82 Å². The first kappa shape index (κ1) is 14.8. The number of anilines is 2. The number of nitrogens with two attached hydrogens (primary N) is 1. The van der Waals surface area contributed by atoms with Crippen LogP contribution in [0.3, 0.4) is 0 Å². The highest BCUT2D eigenvalue weighted by atomic mass is 35.5. The van der Waals surface area contributed by atoms with Crippen molar-refractivity contribution in [2.24, 2.45) is 5.73 Å². The number of benzene rings is 2. The molecule has 0 aliphatic heterocycles. The molecule has 0 bridgehead atoms. The Bertz CT molecular complexity index is 582. The minimum Gasteiger partial charge on any atom is -0.344 e. The Kier molecular flexibility index (Phi) is 4.63. The van der Waals surface area contributed by atoms with Crippen molar-refractivity contribution in [1.29, 1.82) is 0 Å². The van der Waals surface area contributed by atoms with Gasteiger partial charge in [0.15, 0.2) is 0 Å². The van der Waals surface area contributed by atoms with Gasteiger partial charge in [-0.25, -0.2) is 4.39 Å². The summed E-state index contributed by atoms with van der Waals surface area (Å²) in [6, 6.07) is 12.2. The van der Waals surface area contributed by atoms with Crippen LogP contribution >= 0.6 is 11.6 Å². The lowest BCUT2D eigenvalue weighted by atomic mass is 10.0. The van der Waals surface area contributed by atoms with Gasteiger partial charge in [-0.1, -0.05) is 17.7 Å². The fourth-order valence-electron chi connectivity index (χ4n) is 2.17. The van der Waals surface area contributed by atoms with Crippen molar-refractivity contribution in [3.05, 3.63) is 58.9 Å². The third-order valence-electron chi connectivity index (χ3n) is 3.16. The van der Waals surface area contributed by atoms with Crippen molar-refractivity contribution in [2.45, 2.75) is 19.4 Å². The van der Waals surface area contributed by atoms with E-state index in [4.69, 9.17) is 17.3 Å². The molecule has 0 fully saturated rings. The van der Waals surface area contributed by atoms with Gasteiger partial charge >= 0.3 is 0 Å². The van der Waals surface area contributed by atoms with Gasteiger partial charge in [-0.3, -0.25) is 0 Å². The average Bonchev–Trinajstić information content (AvgIpc) is 2.40. The molecule has 0 aromatic heterocycles. The Morgan fingerprint density at radius 2 is 1.85 bits per heavy atom. The van der Waals surface area contributed by atoms with Crippen LogP contribution in [0.5, 0.6) is 0 Å². The summed E-state index contributed by atoms with van der Waals surface area (Å²) in [4.78, 5) is 1.99. The fraction of sp³-hybridized carbons (Fsp3) is 0.250. The second-order valence-electron chi connectivity index (χ2n) is 4.99. The van der Waals surface area contributed by atoms with Crippen molar-refractivity contribution >= 4 is 23.0 Å². The van der Waals surface area contributed by atoms with E-state index in [1.165, 1.54) is 12.1 Å². The molecular formula is C16H18ClFN2. The zero-order chi connectivity index (χ0) is 14.7. The van der Waals surface area contributed by atoms with Crippen LogP contribution < -0.4 is 10.6 Å². The predicted octanol–water partition coefficient (Wildman–Crippen LogP) is 4.14. The van der Waals surface area contributed by atoms with Gasteiger partial charge in [0.05, 0.1) is 0 Å². The van der Waals surface area contributed by atoms with Crippen molar-refractivity contribution in [3.63, 3.8) is 0 Å². The van der Waals surface area contributed by atoms with Crippen molar-refractivity contribution < 1.29 is 4.39 Å². The molecular weight excluding hydrogens is 275 g/mol. The van der Waals surface area contributed by atoms with Gasteiger partial charge in [0.2, 0.25) is 0 Å². The molecule has 4 heteroatoms. The van der Waals surface area contributed by atoms with E-state index in [0.717, 1.165) is 23.4 Å². The Balaban J connectivity index is 2.39. The highest BCUT2D eigenvalue weighted by Gasteiger charge is 2.11. The monoisotopic (exact) mass is 292 g/mol. The number of nitrogens with zero attached hydrogens (tertiary/aromatic N) is 1. The summed E-state index contributed by atoms with van der Waals surface area (Å²) < 4.78 is 13.0. The molecule has 2 N–H and O–H groups in total. The highest BCUT2D eigenvalue weighted by molar-refractivity contribution is 6.30. The molecule has 0 saturated heterocycles. The maximum absolute atomic E-state index is 13.0. The maximum Gasteiger partial charge on any atom is 0.123 e. The van der Waals surface area contributed by atoms with E-state index in [2.05, 4.69) is 0 Å². The van der Waals surface area contributed by atoms with Crippen LogP contribution in [0.1, 0.15) is 12.5 Å². The molecule has 0 spiro atoms. The molecule has 106 valence electrons. The SMILES string of the molecule is CC(N)Cc1ccc(Cl)cc1N(C)c1ccc(F)cc1. The first-order valence-electron chi connectivity index (χ1n) is 6.50. The lowest BCUT2D eigenvalue weighted by Gasteiger charge is -2.23. The molecule has 0 amide bonds. The van der Waals surface area contributed by atoms with E-state index in [1.807, 2.05) is 37.1 Å². The second-order valence-corrected chi connectivity index (χ2v) is 5.43. The summed E-state index contributed by atoms with van der Waals surface area (Å²) in [5.74, 6) is -0.246. The highest BCUT2D eigenvalue weighted by Crippen LogP contribution is 2.30. The van der Waals surface area contributed by atoms with Gasteiger partial charge in [-0.15, -0.1) is 0 Å². The largest absolute Gasteiger partial charge is 0.344 e. The molecule has 1 unspecified atom stereocenters. The summed E-state index contributed by atoms with van der Waals surface area (Å²) in [5, 5.41) is 0.669. The molecule has 2 rings (SSSR count). The normalized spacial score (nSPS) is 12.2. The van der Waals surface area contributed by atoms with E-state index in [0.29, 0.717) is 5.02 Å². The second kappa shape index (κ2) is 6.25. The molecule has 2 nitrogen and oxygen atoms in total. The lowest BCUT2D eigenvalue weighted by molar-refractivity contribution is 0.628. The zero-order valence-corrected chi connectivity index (χ0v) is 12.4. The van der Waals surface area contributed by atoms with E-state index in [1.54, 1.807) is 12.1 Å². The lowest BCUT2D eigenvalue weighted by Crippen LogP contribution is -2.20. The van der Waals surface area contributed by atoms with Crippen molar-refractivity contribution in [3.8, 4) is 0 Å². The molecule has 2 aromatic carbocycles. The third-order valence-corrected chi connectivity index (χ3v) is 3.40. The van der Waals surface area contributed by atoms with Crippen LogP contribution in [0.25, 0.3) is 0 Å². The first-order chi connectivity index (χ1) is 9.47. The van der Waals surface area contributed by atoms with Crippen molar-refractivity contribution in [1.82, 2.24) is 0 Å². The molecule has 2 aromatic rings.